The van der Waals surface area contributed by atoms with Crippen molar-refractivity contribution in [3.8, 4) is 0 Å². The monoisotopic (exact) mass is 449 g/mol. The van der Waals surface area contributed by atoms with Crippen LogP contribution in [-0.2, 0) is 21.4 Å². The van der Waals surface area contributed by atoms with Gasteiger partial charge in [-0.3, -0.25) is 0 Å². The maximum atomic E-state index is 12.7. The standard InChI is InChI=1S/C21H20ClNO6S/c1-12-5-6-15(30(26,27)23(3)4)9-16(12)21(25)28-11-14-8-20(24)29-19-7-13(2)18(22)10-17(14)19/h5-10H,11H2,1-4H3. The predicted molar refractivity (Wildman–Crippen MR) is 113 cm³/mol. The fraction of sp³-hybridized carbons (Fsp3) is 0.238. The van der Waals surface area contributed by atoms with Crippen molar-refractivity contribution < 1.29 is 22.4 Å². The molecule has 0 radical (unpaired) electrons. The Morgan fingerprint density at radius 3 is 2.47 bits per heavy atom. The summed E-state index contributed by atoms with van der Waals surface area (Å²) < 4.78 is 36.4. The first-order chi connectivity index (χ1) is 14.0. The molecule has 0 spiro atoms. The normalized spacial score (nSPS) is 11.8. The maximum absolute atomic E-state index is 12.7. The van der Waals surface area contributed by atoms with E-state index >= 15 is 0 Å². The lowest BCUT2D eigenvalue weighted by atomic mass is 10.1. The zero-order valence-corrected chi connectivity index (χ0v) is 18.4. The van der Waals surface area contributed by atoms with Crippen LogP contribution in [0.4, 0.5) is 0 Å². The molecule has 30 heavy (non-hydrogen) atoms. The van der Waals surface area contributed by atoms with E-state index in [-0.39, 0.29) is 17.1 Å². The number of rotatable bonds is 5. The van der Waals surface area contributed by atoms with Gasteiger partial charge in [0, 0.05) is 36.1 Å². The molecule has 0 saturated carbocycles. The van der Waals surface area contributed by atoms with E-state index in [9.17, 15) is 18.0 Å². The summed E-state index contributed by atoms with van der Waals surface area (Å²) in [6.45, 7) is 3.26. The van der Waals surface area contributed by atoms with E-state index in [1.54, 1.807) is 32.0 Å². The zero-order valence-electron chi connectivity index (χ0n) is 16.9. The van der Waals surface area contributed by atoms with E-state index in [2.05, 4.69) is 0 Å². The Hall–Kier alpha value is -2.68. The van der Waals surface area contributed by atoms with Crippen LogP contribution >= 0.6 is 11.6 Å². The van der Waals surface area contributed by atoms with Crippen molar-refractivity contribution >= 4 is 38.6 Å². The Morgan fingerprint density at radius 1 is 1.10 bits per heavy atom. The van der Waals surface area contributed by atoms with E-state index < -0.39 is 21.6 Å². The molecule has 0 N–H and O–H groups in total. The molecule has 0 atom stereocenters. The van der Waals surface area contributed by atoms with Crippen molar-refractivity contribution in [3.63, 3.8) is 0 Å². The number of carbonyl (C=O) groups is 1. The molecule has 0 fully saturated rings. The summed E-state index contributed by atoms with van der Waals surface area (Å²) in [7, 11) is -0.885. The Kier molecular flexibility index (Phi) is 6.03. The molecular weight excluding hydrogens is 430 g/mol. The molecule has 0 saturated heterocycles. The third-order valence-electron chi connectivity index (χ3n) is 4.68. The van der Waals surface area contributed by atoms with E-state index in [4.69, 9.17) is 20.8 Å². The van der Waals surface area contributed by atoms with Gasteiger partial charge in [-0.15, -0.1) is 0 Å². The van der Waals surface area contributed by atoms with Crippen LogP contribution in [0.5, 0.6) is 0 Å². The van der Waals surface area contributed by atoms with Gasteiger partial charge in [0.05, 0.1) is 10.5 Å². The highest BCUT2D eigenvalue weighted by atomic mass is 35.5. The number of esters is 1. The highest BCUT2D eigenvalue weighted by molar-refractivity contribution is 7.89. The number of nitrogens with zero attached hydrogens (tertiary/aromatic N) is 1. The summed E-state index contributed by atoms with van der Waals surface area (Å²) in [6, 6.07) is 8.79. The molecule has 3 aromatic rings. The lowest BCUT2D eigenvalue weighted by Crippen LogP contribution is -2.22. The Labute approximate surface area is 178 Å². The molecule has 158 valence electrons. The van der Waals surface area contributed by atoms with E-state index in [1.165, 1.54) is 32.3 Å². The Morgan fingerprint density at radius 2 is 1.80 bits per heavy atom. The number of hydrogen-bond acceptors (Lipinski definition) is 6. The average molecular weight is 450 g/mol. The molecule has 1 heterocycles. The van der Waals surface area contributed by atoms with Crippen molar-refractivity contribution in [2.24, 2.45) is 0 Å². The van der Waals surface area contributed by atoms with Gasteiger partial charge in [-0.2, -0.15) is 0 Å². The van der Waals surface area contributed by atoms with Gasteiger partial charge in [0.25, 0.3) is 0 Å². The second-order valence-electron chi connectivity index (χ2n) is 7.03. The molecule has 0 amide bonds. The lowest BCUT2D eigenvalue weighted by molar-refractivity contribution is 0.0472. The van der Waals surface area contributed by atoms with Gasteiger partial charge < -0.3 is 9.15 Å². The van der Waals surface area contributed by atoms with Crippen LogP contribution in [0.15, 0.2) is 50.5 Å². The summed E-state index contributed by atoms with van der Waals surface area (Å²) in [6.07, 6.45) is 0. The first kappa shape index (κ1) is 22.0. The highest BCUT2D eigenvalue weighted by Crippen LogP contribution is 2.26. The fourth-order valence-corrected chi connectivity index (χ4v) is 3.97. The molecule has 7 nitrogen and oxygen atoms in total. The summed E-state index contributed by atoms with van der Waals surface area (Å²) in [5.41, 5.74) is 1.63. The van der Waals surface area contributed by atoms with Gasteiger partial charge in [-0.25, -0.2) is 22.3 Å². The van der Waals surface area contributed by atoms with Gasteiger partial charge in [-0.1, -0.05) is 17.7 Å². The fourth-order valence-electron chi connectivity index (χ4n) is 2.88. The van der Waals surface area contributed by atoms with Crippen molar-refractivity contribution in [3.05, 3.63) is 74.1 Å². The van der Waals surface area contributed by atoms with Crippen LogP contribution in [0.2, 0.25) is 5.02 Å². The van der Waals surface area contributed by atoms with E-state index in [0.29, 0.717) is 27.1 Å². The molecule has 0 unspecified atom stereocenters. The summed E-state index contributed by atoms with van der Waals surface area (Å²) in [4.78, 5) is 24.5. The third-order valence-corrected chi connectivity index (χ3v) is 6.89. The van der Waals surface area contributed by atoms with Crippen LogP contribution in [0.3, 0.4) is 0 Å². The Bertz CT molecular complexity index is 1310. The minimum atomic E-state index is -3.70. The smallest absolute Gasteiger partial charge is 0.338 e. The molecule has 1 aromatic heterocycles. The van der Waals surface area contributed by atoms with Crippen molar-refractivity contribution in [2.75, 3.05) is 14.1 Å². The molecule has 0 aliphatic rings. The van der Waals surface area contributed by atoms with Crippen LogP contribution in [0.1, 0.15) is 27.0 Å². The van der Waals surface area contributed by atoms with Crippen LogP contribution in [-0.4, -0.2) is 32.8 Å². The quantitative estimate of drug-likeness (QED) is 0.435. The lowest BCUT2D eigenvalue weighted by Gasteiger charge is -2.14. The SMILES string of the molecule is Cc1cc2oc(=O)cc(COC(=O)c3cc(S(=O)(=O)N(C)C)ccc3C)c2cc1Cl. The number of ether oxygens (including phenoxy) is 1. The van der Waals surface area contributed by atoms with Crippen molar-refractivity contribution in [1.29, 1.82) is 0 Å². The maximum Gasteiger partial charge on any atom is 0.338 e. The number of halogens is 1. The summed E-state index contributed by atoms with van der Waals surface area (Å²) in [5, 5.41) is 1.04. The molecule has 3 rings (SSSR count). The van der Waals surface area contributed by atoms with Crippen LogP contribution < -0.4 is 5.63 Å². The Balaban J connectivity index is 1.93. The largest absolute Gasteiger partial charge is 0.457 e. The predicted octanol–water partition coefficient (Wildman–Crippen LogP) is 3.67. The number of carbonyl (C=O) groups excluding carboxylic acids is 1. The van der Waals surface area contributed by atoms with Gasteiger partial charge in [-0.05, 0) is 49.2 Å². The average Bonchev–Trinajstić information content (AvgIpc) is 2.67. The molecule has 9 heteroatoms. The van der Waals surface area contributed by atoms with Gasteiger partial charge in [0.1, 0.15) is 12.2 Å². The topological polar surface area (TPSA) is 93.9 Å². The van der Waals surface area contributed by atoms with Gasteiger partial charge in [0.15, 0.2) is 0 Å². The highest BCUT2D eigenvalue weighted by Gasteiger charge is 2.21. The minimum Gasteiger partial charge on any atom is -0.457 e. The van der Waals surface area contributed by atoms with E-state index in [0.717, 1.165) is 9.87 Å². The number of benzene rings is 2. The first-order valence-electron chi connectivity index (χ1n) is 8.94. The van der Waals surface area contributed by atoms with E-state index in [1.807, 2.05) is 0 Å². The molecular formula is C21H20ClNO6S. The van der Waals surface area contributed by atoms with Crippen LogP contribution in [0, 0.1) is 13.8 Å². The second-order valence-corrected chi connectivity index (χ2v) is 9.59. The zero-order chi connectivity index (χ0) is 22.2. The number of hydrogen-bond donors (Lipinski definition) is 0. The van der Waals surface area contributed by atoms with Crippen LogP contribution in [0.25, 0.3) is 11.0 Å². The number of sulfonamides is 1. The first-order valence-corrected chi connectivity index (χ1v) is 10.8. The minimum absolute atomic E-state index is 0.0156. The molecule has 0 aliphatic carbocycles. The number of fused-ring (bicyclic) bond motifs is 1. The molecule has 0 bridgehead atoms. The third kappa shape index (κ3) is 4.26. The molecule has 2 aromatic carbocycles. The summed E-state index contributed by atoms with van der Waals surface area (Å²) >= 11 is 6.18. The number of aryl methyl sites for hydroxylation is 2. The molecule has 0 aliphatic heterocycles. The van der Waals surface area contributed by atoms with Gasteiger partial charge in [0.2, 0.25) is 10.0 Å². The van der Waals surface area contributed by atoms with Crippen molar-refractivity contribution in [1.82, 2.24) is 4.31 Å². The summed E-state index contributed by atoms with van der Waals surface area (Å²) in [5.74, 6) is -0.706. The second kappa shape index (κ2) is 8.22. The van der Waals surface area contributed by atoms with Crippen molar-refractivity contribution in [2.45, 2.75) is 25.3 Å². The van der Waals surface area contributed by atoms with Gasteiger partial charge >= 0.3 is 11.6 Å².